The van der Waals surface area contributed by atoms with Gasteiger partial charge in [0.2, 0.25) is 0 Å². The largest absolute Gasteiger partial charge is 0.457 e. The van der Waals surface area contributed by atoms with Crippen LogP contribution in [0.5, 0.6) is 11.5 Å². The van der Waals surface area contributed by atoms with Crippen molar-refractivity contribution in [2.75, 3.05) is 11.4 Å². The summed E-state index contributed by atoms with van der Waals surface area (Å²) in [4.78, 5) is 26.0. The molecule has 7 heteroatoms. The van der Waals surface area contributed by atoms with Crippen molar-refractivity contribution >= 4 is 17.6 Å². The fourth-order valence-corrected chi connectivity index (χ4v) is 3.43. The van der Waals surface area contributed by atoms with Crippen molar-refractivity contribution in [1.29, 1.82) is 0 Å². The van der Waals surface area contributed by atoms with Gasteiger partial charge in [-0.1, -0.05) is 24.8 Å². The number of rotatable bonds is 5. The highest BCUT2D eigenvalue weighted by Gasteiger charge is 2.31. The molecule has 1 aliphatic rings. The lowest BCUT2D eigenvalue weighted by Crippen LogP contribution is -2.37. The SMILES string of the molecule is C=CC(=O)N1CCCn2nc(-c3ccc(Oc4ccccc4)cc3)c(C(N)=O)c21. The van der Waals surface area contributed by atoms with Gasteiger partial charge in [-0.2, -0.15) is 5.10 Å². The molecule has 0 unspecified atom stereocenters. The van der Waals surface area contributed by atoms with Crippen molar-refractivity contribution in [2.24, 2.45) is 5.73 Å². The number of primary amides is 1. The van der Waals surface area contributed by atoms with E-state index in [0.29, 0.717) is 35.9 Å². The van der Waals surface area contributed by atoms with Crippen LogP contribution in [0.25, 0.3) is 11.3 Å². The molecule has 2 N–H and O–H groups in total. The van der Waals surface area contributed by atoms with E-state index in [4.69, 9.17) is 10.5 Å². The Hall–Kier alpha value is -3.87. The molecule has 0 fully saturated rings. The van der Waals surface area contributed by atoms with Gasteiger partial charge in [0.05, 0.1) is 0 Å². The Labute approximate surface area is 168 Å². The van der Waals surface area contributed by atoms with Crippen molar-refractivity contribution in [3.05, 3.63) is 72.8 Å². The van der Waals surface area contributed by atoms with Crippen LogP contribution in [0.15, 0.2) is 67.3 Å². The summed E-state index contributed by atoms with van der Waals surface area (Å²) in [6, 6.07) is 16.7. The first-order chi connectivity index (χ1) is 14.1. The first kappa shape index (κ1) is 18.5. The van der Waals surface area contributed by atoms with Crippen LogP contribution in [0.2, 0.25) is 0 Å². The maximum absolute atomic E-state index is 12.3. The molecule has 0 radical (unpaired) electrons. The second-order valence-corrected chi connectivity index (χ2v) is 6.62. The quantitative estimate of drug-likeness (QED) is 0.679. The normalized spacial score (nSPS) is 12.9. The van der Waals surface area contributed by atoms with Crippen LogP contribution in [0.4, 0.5) is 5.82 Å². The highest BCUT2D eigenvalue weighted by Crippen LogP contribution is 2.34. The predicted octanol–water partition coefficient (Wildman–Crippen LogP) is 3.36. The standard InChI is InChI=1S/C22H20N4O3/c1-2-18(27)25-13-6-14-26-22(25)19(21(23)28)20(24-26)15-9-11-17(12-10-15)29-16-7-4-3-5-8-16/h2-5,7-12H,1,6,13-14H2,(H2,23,28). The fraction of sp³-hybridized carbons (Fsp3) is 0.136. The van der Waals surface area contributed by atoms with Gasteiger partial charge in [0.1, 0.15) is 28.6 Å². The summed E-state index contributed by atoms with van der Waals surface area (Å²) in [5, 5.41) is 4.57. The van der Waals surface area contributed by atoms with E-state index in [9.17, 15) is 9.59 Å². The van der Waals surface area contributed by atoms with Gasteiger partial charge in [0.15, 0.2) is 0 Å². The first-order valence-electron chi connectivity index (χ1n) is 9.26. The van der Waals surface area contributed by atoms with Crippen molar-refractivity contribution in [3.8, 4) is 22.8 Å². The van der Waals surface area contributed by atoms with Gasteiger partial charge in [-0.15, -0.1) is 0 Å². The topological polar surface area (TPSA) is 90.4 Å². The summed E-state index contributed by atoms with van der Waals surface area (Å²) in [6.45, 7) is 4.63. The third-order valence-electron chi connectivity index (χ3n) is 4.73. The first-order valence-corrected chi connectivity index (χ1v) is 9.26. The highest BCUT2D eigenvalue weighted by atomic mass is 16.5. The summed E-state index contributed by atoms with van der Waals surface area (Å²) < 4.78 is 7.47. The zero-order chi connectivity index (χ0) is 20.4. The van der Waals surface area contributed by atoms with Crippen LogP contribution in [0, 0.1) is 0 Å². The number of carbonyl (C=O) groups excluding carboxylic acids is 2. The van der Waals surface area contributed by atoms with E-state index in [-0.39, 0.29) is 11.5 Å². The minimum Gasteiger partial charge on any atom is -0.457 e. The zero-order valence-corrected chi connectivity index (χ0v) is 15.7. The van der Waals surface area contributed by atoms with Crippen molar-refractivity contribution in [2.45, 2.75) is 13.0 Å². The molecule has 2 heterocycles. The fourth-order valence-electron chi connectivity index (χ4n) is 3.43. The molecule has 146 valence electrons. The molecule has 0 spiro atoms. The maximum atomic E-state index is 12.3. The monoisotopic (exact) mass is 388 g/mol. The maximum Gasteiger partial charge on any atom is 0.254 e. The van der Waals surface area contributed by atoms with Crippen LogP contribution in [0.3, 0.4) is 0 Å². The molecule has 2 amide bonds. The average molecular weight is 388 g/mol. The third kappa shape index (κ3) is 3.50. The van der Waals surface area contributed by atoms with E-state index in [1.165, 1.54) is 11.0 Å². The molecule has 0 saturated heterocycles. The highest BCUT2D eigenvalue weighted by molar-refractivity contribution is 6.09. The van der Waals surface area contributed by atoms with Gasteiger partial charge in [0.25, 0.3) is 11.8 Å². The van der Waals surface area contributed by atoms with Crippen molar-refractivity contribution < 1.29 is 14.3 Å². The number of aryl methyl sites for hydroxylation is 1. The Balaban J connectivity index is 1.72. The second kappa shape index (κ2) is 7.63. The van der Waals surface area contributed by atoms with E-state index in [1.54, 1.807) is 16.8 Å². The number of nitrogens with two attached hydrogens (primary N) is 1. The molecule has 29 heavy (non-hydrogen) atoms. The summed E-state index contributed by atoms with van der Waals surface area (Å²) >= 11 is 0. The lowest BCUT2D eigenvalue weighted by molar-refractivity contribution is -0.114. The number of nitrogens with zero attached hydrogens (tertiary/aromatic N) is 3. The van der Waals surface area contributed by atoms with Crippen LogP contribution in [-0.4, -0.2) is 28.1 Å². The lowest BCUT2D eigenvalue weighted by Gasteiger charge is -2.27. The summed E-state index contributed by atoms with van der Waals surface area (Å²) in [6.07, 6.45) is 1.96. The number of anilines is 1. The Morgan fingerprint density at radius 2 is 1.72 bits per heavy atom. The molecular weight excluding hydrogens is 368 g/mol. The van der Waals surface area contributed by atoms with E-state index in [1.807, 2.05) is 42.5 Å². The number of ether oxygens (including phenoxy) is 1. The second-order valence-electron chi connectivity index (χ2n) is 6.62. The Bertz CT molecular complexity index is 1070. The number of benzene rings is 2. The van der Waals surface area contributed by atoms with Crippen molar-refractivity contribution in [1.82, 2.24) is 9.78 Å². The van der Waals surface area contributed by atoms with Crippen LogP contribution in [0.1, 0.15) is 16.8 Å². The zero-order valence-electron chi connectivity index (χ0n) is 15.7. The molecule has 7 nitrogen and oxygen atoms in total. The summed E-state index contributed by atoms with van der Waals surface area (Å²) in [5.74, 6) is 0.900. The van der Waals surface area contributed by atoms with E-state index in [0.717, 1.165) is 12.2 Å². The number of amides is 2. The van der Waals surface area contributed by atoms with Gasteiger partial charge in [-0.3, -0.25) is 14.5 Å². The summed E-state index contributed by atoms with van der Waals surface area (Å²) in [5.41, 5.74) is 7.07. The number of para-hydroxylation sites is 1. The predicted molar refractivity (Wildman–Crippen MR) is 110 cm³/mol. The van der Waals surface area contributed by atoms with Gasteiger partial charge in [-0.05, 0) is 48.9 Å². The number of fused-ring (bicyclic) bond motifs is 1. The minimum absolute atomic E-state index is 0.233. The number of hydrogen-bond acceptors (Lipinski definition) is 4. The van der Waals surface area contributed by atoms with Gasteiger partial charge in [0, 0.05) is 18.7 Å². The van der Waals surface area contributed by atoms with Gasteiger partial charge >= 0.3 is 0 Å². The number of hydrogen-bond donors (Lipinski definition) is 1. The molecule has 0 saturated carbocycles. The van der Waals surface area contributed by atoms with E-state index < -0.39 is 5.91 Å². The smallest absolute Gasteiger partial charge is 0.254 e. The third-order valence-corrected chi connectivity index (χ3v) is 4.73. The molecule has 2 aromatic carbocycles. The molecular formula is C22H20N4O3. The summed E-state index contributed by atoms with van der Waals surface area (Å²) in [7, 11) is 0. The number of carbonyl (C=O) groups is 2. The Morgan fingerprint density at radius 1 is 1.03 bits per heavy atom. The molecule has 4 rings (SSSR count). The number of aromatic nitrogens is 2. The van der Waals surface area contributed by atoms with Gasteiger partial charge < -0.3 is 10.5 Å². The lowest BCUT2D eigenvalue weighted by atomic mass is 10.1. The average Bonchev–Trinajstić information content (AvgIpc) is 3.14. The Kier molecular flexibility index (Phi) is 4.87. The molecule has 1 aromatic heterocycles. The van der Waals surface area contributed by atoms with E-state index >= 15 is 0 Å². The molecule has 0 bridgehead atoms. The van der Waals surface area contributed by atoms with Gasteiger partial charge in [-0.25, -0.2) is 4.68 Å². The molecule has 1 aliphatic heterocycles. The van der Waals surface area contributed by atoms with E-state index in [2.05, 4.69) is 11.7 Å². The molecule has 0 aliphatic carbocycles. The minimum atomic E-state index is -0.630. The van der Waals surface area contributed by atoms with Crippen molar-refractivity contribution in [3.63, 3.8) is 0 Å². The van der Waals surface area contributed by atoms with Crippen LogP contribution < -0.4 is 15.4 Å². The Morgan fingerprint density at radius 3 is 2.38 bits per heavy atom. The van der Waals surface area contributed by atoms with Crippen LogP contribution in [-0.2, 0) is 11.3 Å². The van der Waals surface area contributed by atoms with Crippen LogP contribution >= 0.6 is 0 Å². The molecule has 0 atom stereocenters. The molecule has 3 aromatic rings.